The molecule has 0 radical (unpaired) electrons. The van der Waals surface area contributed by atoms with Gasteiger partial charge in [0.25, 0.3) is 5.69 Å². The van der Waals surface area contributed by atoms with E-state index in [4.69, 9.17) is 0 Å². The first-order valence-electron chi connectivity index (χ1n) is 7.30. The number of benzene rings is 1. The normalized spacial score (nSPS) is 21.6. The highest BCUT2D eigenvalue weighted by Crippen LogP contribution is 2.26. The lowest BCUT2D eigenvalue weighted by Gasteiger charge is -2.29. The van der Waals surface area contributed by atoms with E-state index in [-0.39, 0.29) is 17.8 Å². The van der Waals surface area contributed by atoms with Crippen LogP contribution in [0.15, 0.2) is 18.2 Å². The van der Waals surface area contributed by atoms with E-state index in [1.54, 1.807) is 19.1 Å². The van der Waals surface area contributed by atoms with Crippen LogP contribution in [0.5, 0.6) is 0 Å². The molecule has 0 aromatic heterocycles. The summed E-state index contributed by atoms with van der Waals surface area (Å²) in [6.07, 6.45) is 4.46. The monoisotopic (exact) mass is 291 g/mol. The van der Waals surface area contributed by atoms with E-state index >= 15 is 0 Å². The molecule has 2 rings (SSSR count). The molecule has 0 bridgehead atoms. The Labute approximate surface area is 124 Å². The Morgan fingerprint density at radius 3 is 2.71 bits per heavy atom. The summed E-state index contributed by atoms with van der Waals surface area (Å²) >= 11 is 0. The minimum atomic E-state index is -0.443. The molecule has 0 saturated heterocycles. The maximum absolute atomic E-state index is 12.1. The number of carbonyl (C=O) groups is 1. The van der Waals surface area contributed by atoms with Gasteiger partial charge in [0.1, 0.15) is 0 Å². The molecular weight excluding hydrogens is 270 g/mol. The van der Waals surface area contributed by atoms with Crippen molar-refractivity contribution in [3.05, 3.63) is 33.9 Å². The SMILES string of the molecule is Cc1c(NC(=O)N[C@H]2CCCC[C@@H]2C)cccc1[N+](=O)[O-]. The zero-order chi connectivity index (χ0) is 15.4. The van der Waals surface area contributed by atoms with Crippen LogP contribution in [0.2, 0.25) is 0 Å². The molecule has 0 spiro atoms. The smallest absolute Gasteiger partial charge is 0.319 e. The van der Waals surface area contributed by atoms with E-state index in [1.807, 2.05) is 0 Å². The van der Waals surface area contributed by atoms with Gasteiger partial charge in [0.05, 0.1) is 16.2 Å². The van der Waals surface area contributed by atoms with Gasteiger partial charge in [-0.2, -0.15) is 0 Å². The van der Waals surface area contributed by atoms with Crippen molar-refractivity contribution in [2.24, 2.45) is 5.92 Å². The van der Waals surface area contributed by atoms with Crippen molar-refractivity contribution in [3.63, 3.8) is 0 Å². The van der Waals surface area contributed by atoms with Gasteiger partial charge >= 0.3 is 6.03 Å². The molecule has 0 unspecified atom stereocenters. The topological polar surface area (TPSA) is 84.3 Å². The van der Waals surface area contributed by atoms with E-state index in [0.29, 0.717) is 17.2 Å². The van der Waals surface area contributed by atoms with Gasteiger partial charge < -0.3 is 10.6 Å². The molecule has 1 fully saturated rings. The highest BCUT2D eigenvalue weighted by Gasteiger charge is 2.23. The maximum atomic E-state index is 12.1. The summed E-state index contributed by atoms with van der Waals surface area (Å²) in [6.45, 7) is 3.78. The summed E-state index contributed by atoms with van der Waals surface area (Å²) < 4.78 is 0. The number of hydrogen-bond acceptors (Lipinski definition) is 3. The summed E-state index contributed by atoms with van der Waals surface area (Å²) in [5.74, 6) is 0.468. The third-order valence-corrected chi connectivity index (χ3v) is 4.18. The fourth-order valence-corrected chi connectivity index (χ4v) is 2.81. The number of rotatable bonds is 3. The van der Waals surface area contributed by atoms with Crippen LogP contribution in [-0.4, -0.2) is 17.0 Å². The number of nitro groups is 1. The highest BCUT2D eigenvalue weighted by molar-refractivity contribution is 5.90. The van der Waals surface area contributed by atoms with E-state index in [9.17, 15) is 14.9 Å². The third-order valence-electron chi connectivity index (χ3n) is 4.18. The molecule has 21 heavy (non-hydrogen) atoms. The first kappa shape index (κ1) is 15.3. The Kier molecular flexibility index (Phi) is 4.77. The van der Waals surface area contributed by atoms with E-state index in [1.165, 1.54) is 12.5 Å². The van der Waals surface area contributed by atoms with Crippen LogP contribution in [-0.2, 0) is 0 Å². The summed E-state index contributed by atoms with van der Waals surface area (Å²) in [4.78, 5) is 22.5. The summed E-state index contributed by atoms with van der Waals surface area (Å²) in [5, 5.41) is 16.6. The molecule has 1 aromatic carbocycles. The van der Waals surface area contributed by atoms with Crippen LogP contribution in [0.1, 0.15) is 38.2 Å². The fourth-order valence-electron chi connectivity index (χ4n) is 2.81. The molecular formula is C15H21N3O3. The molecule has 6 heteroatoms. The van der Waals surface area contributed by atoms with Crippen molar-refractivity contribution in [3.8, 4) is 0 Å². The van der Waals surface area contributed by atoms with Crippen molar-refractivity contribution in [2.75, 3.05) is 5.32 Å². The van der Waals surface area contributed by atoms with Gasteiger partial charge in [-0.3, -0.25) is 10.1 Å². The fraction of sp³-hybridized carbons (Fsp3) is 0.533. The molecule has 1 saturated carbocycles. The second-order valence-corrected chi connectivity index (χ2v) is 5.67. The number of amides is 2. The van der Waals surface area contributed by atoms with E-state index < -0.39 is 4.92 Å². The Hall–Kier alpha value is -2.11. The Bertz CT molecular complexity index is 545. The summed E-state index contributed by atoms with van der Waals surface area (Å²) in [6, 6.07) is 4.56. The molecule has 1 aliphatic carbocycles. The quantitative estimate of drug-likeness (QED) is 0.659. The maximum Gasteiger partial charge on any atom is 0.319 e. The first-order chi connectivity index (χ1) is 9.99. The van der Waals surface area contributed by atoms with Gasteiger partial charge in [-0.05, 0) is 31.7 Å². The molecule has 0 heterocycles. The average Bonchev–Trinajstić information content (AvgIpc) is 2.43. The lowest BCUT2D eigenvalue weighted by atomic mass is 9.86. The lowest BCUT2D eigenvalue weighted by Crippen LogP contribution is -2.43. The Balaban J connectivity index is 2.02. The first-order valence-corrected chi connectivity index (χ1v) is 7.30. The third kappa shape index (κ3) is 3.71. The highest BCUT2D eigenvalue weighted by atomic mass is 16.6. The van der Waals surface area contributed by atoms with Crippen LogP contribution < -0.4 is 10.6 Å². The molecule has 6 nitrogen and oxygen atoms in total. The molecule has 2 atom stereocenters. The van der Waals surface area contributed by atoms with E-state index in [0.717, 1.165) is 19.3 Å². The summed E-state index contributed by atoms with van der Waals surface area (Å²) in [5.41, 5.74) is 0.957. The van der Waals surface area contributed by atoms with Gasteiger partial charge in [0.15, 0.2) is 0 Å². The van der Waals surface area contributed by atoms with Crippen molar-refractivity contribution in [1.82, 2.24) is 5.32 Å². The number of nitrogens with zero attached hydrogens (tertiary/aromatic N) is 1. The van der Waals surface area contributed by atoms with Crippen LogP contribution in [0.4, 0.5) is 16.2 Å². The molecule has 0 aliphatic heterocycles. The number of nitrogens with one attached hydrogen (secondary N) is 2. The molecule has 2 amide bonds. The summed E-state index contributed by atoms with van der Waals surface area (Å²) in [7, 11) is 0. The van der Waals surface area contributed by atoms with Gasteiger partial charge in [0, 0.05) is 12.1 Å². The predicted octanol–water partition coefficient (Wildman–Crippen LogP) is 3.60. The number of anilines is 1. The zero-order valence-corrected chi connectivity index (χ0v) is 12.4. The minimum absolute atomic E-state index is 0.0128. The van der Waals surface area contributed by atoms with Crippen molar-refractivity contribution in [1.29, 1.82) is 0 Å². The van der Waals surface area contributed by atoms with Crippen LogP contribution in [0, 0.1) is 23.0 Å². The number of urea groups is 1. The molecule has 1 aromatic rings. The predicted molar refractivity (Wildman–Crippen MR) is 81.4 cm³/mol. The number of carbonyl (C=O) groups excluding carboxylic acids is 1. The molecule has 114 valence electrons. The van der Waals surface area contributed by atoms with Crippen LogP contribution >= 0.6 is 0 Å². The lowest BCUT2D eigenvalue weighted by molar-refractivity contribution is -0.385. The van der Waals surface area contributed by atoms with Crippen LogP contribution in [0.25, 0.3) is 0 Å². The van der Waals surface area contributed by atoms with Crippen LogP contribution in [0.3, 0.4) is 0 Å². The standard InChI is InChI=1S/C15H21N3O3/c1-10-6-3-4-7-12(10)16-15(19)17-13-8-5-9-14(11(13)2)18(20)21/h5,8-10,12H,3-4,6-7H2,1-2H3,(H2,16,17,19)/t10-,12-/m0/s1. The van der Waals surface area contributed by atoms with E-state index in [2.05, 4.69) is 17.6 Å². The zero-order valence-electron chi connectivity index (χ0n) is 12.4. The number of nitro benzene ring substituents is 1. The second kappa shape index (κ2) is 6.56. The minimum Gasteiger partial charge on any atom is -0.335 e. The van der Waals surface area contributed by atoms with Gasteiger partial charge in [-0.15, -0.1) is 0 Å². The van der Waals surface area contributed by atoms with Crippen molar-refractivity contribution < 1.29 is 9.72 Å². The van der Waals surface area contributed by atoms with Gasteiger partial charge in [-0.1, -0.05) is 25.8 Å². The average molecular weight is 291 g/mol. The van der Waals surface area contributed by atoms with Gasteiger partial charge in [-0.25, -0.2) is 4.79 Å². The molecule has 1 aliphatic rings. The largest absolute Gasteiger partial charge is 0.335 e. The second-order valence-electron chi connectivity index (χ2n) is 5.67. The van der Waals surface area contributed by atoms with Crippen molar-refractivity contribution in [2.45, 2.75) is 45.6 Å². The molecule has 2 N–H and O–H groups in total. The Morgan fingerprint density at radius 1 is 1.33 bits per heavy atom. The van der Waals surface area contributed by atoms with Crippen molar-refractivity contribution >= 4 is 17.4 Å². The van der Waals surface area contributed by atoms with Gasteiger partial charge in [0.2, 0.25) is 0 Å². The number of hydrogen-bond donors (Lipinski definition) is 2. The Morgan fingerprint density at radius 2 is 2.05 bits per heavy atom.